The van der Waals surface area contributed by atoms with Crippen LogP contribution < -0.4 is 10.6 Å². The first-order chi connectivity index (χ1) is 11.5. The Morgan fingerprint density at radius 2 is 1.83 bits per heavy atom. The highest BCUT2D eigenvalue weighted by atomic mass is 16.5. The van der Waals surface area contributed by atoms with Crippen LogP contribution in [0.3, 0.4) is 0 Å². The van der Waals surface area contributed by atoms with Crippen molar-refractivity contribution in [1.29, 1.82) is 0 Å². The number of nitrogens with zero attached hydrogens (tertiary/aromatic N) is 1. The SMILES string of the molecule is COCCNC(=O)c1cc(C(=O)Nc2c(C)cccc2C)ccn1. The number of ether oxygens (including phenoxy) is 1. The molecule has 0 saturated carbocycles. The number of benzene rings is 1. The number of methoxy groups -OCH3 is 1. The molecule has 2 aromatic rings. The zero-order valence-corrected chi connectivity index (χ0v) is 14.1. The highest BCUT2D eigenvalue weighted by Gasteiger charge is 2.13. The van der Waals surface area contributed by atoms with Gasteiger partial charge in [0.25, 0.3) is 11.8 Å². The Morgan fingerprint density at radius 1 is 1.12 bits per heavy atom. The molecule has 24 heavy (non-hydrogen) atoms. The van der Waals surface area contributed by atoms with E-state index in [1.165, 1.54) is 12.3 Å². The van der Waals surface area contributed by atoms with E-state index >= 15 is 0 Å². The maximum Gasteiger partial charge on any atom is 0.269 e. The van der Waals surface area contributed by atoms with Crippen molar-refractivity contribution in [1.82, 2.24) is 10.3 Å². The molecule has 0 saturated heterocycles. The van der Waals surface area contributed by atoms with Crippen LogP contribution in [-0.4, -0.2) is 37.1 Å². The number of nitrogens with one attached hydrogen (secondary N) is 2. The van der Waals surface area contributed by atoms with Gasteiger partial charge in [0.2, 0.25) is 0 Å². The molecule has 1 aromatic heterocycles. The zero-order chi connectivity index (χ0) is 17.5. The number of hydrogen-bond acceptors (Lipinski definition) is 4. The Balaban J connectivity index is 2.13. The summed E-state index contributed by atoms with van der Waals surface area (Å²) in [6, 6.07) is 8.86. The number of aromatic nitrogens is 1. The van der Waals surface area contributed by atoms with Gasteiger partial charge in [0.15, 0.2) is 0 Å². The summed E-state index contributed by atoms with van der Waals surface area (Å²) < 4.78 is 4.88. The number of aryl methyl sites for hydroxylation is 2. The van der Waals surface area contributed by atoms with E-state index in [2.05, 4.69) is 15.6 Å². The number of amides is 2. The lowest BCUT2D eigenvalue weighted by Gasteiger charge is -2.12. The number of anilines is 1. The third kappa shape index (κ3) is 4.39. The van der Waals surface area contributed by atoms with E-state index in [-0.39, 0.29) is 17.5 Å². The Labute approximate surface area is 141 Å². The van der Waals surface area contributed by atoms with Gasteiger partial charge in [-0.2, -0.15) is 0 Å². The summed E-state index contributed by atoms with van der Waals surface area (Å²) >= 11 is 0. The van der Waals surface area contributed by atoms with Crippen molar-refractivity contribution < 1.29 is 14.3 Å². The lowest BCUT2D eigenvalue weighted by atomic mass is 10.1. The van der Waals surface area contributed by atoms with Crippen LogP contribution in [0.4, 0.5) is 5.69 Å². The first-order valence-corrected chi connectivity index (χ1v) is 7.63. The van der Waals surface area contributed by atoms with E-state index in [1.54, 1.807) is 13.2 Å². The van der Waals surface area contributed by atoms with Gasteiger partial charge in [0, 0.05) is 31.1 Å². The second-order valence-corrected chi connectivity index (χ2v) is 5.40. The minimum atomic E-state index is -0.339. The molecule has 0 aliphatic rings. The number of hydrogen-bond donors (Lipinski definition) is 2. The van der Waals surface area contributed by atoms with Crippen LogP contribution in [0.2, 0.25) is 0 Å². The third-order valence-electron chi connectivity index (χ3n) is 3.57. The molecular formula is C18H21N3O3. The molecule has 0 fully saturated rings. The van der Waals surface area contributed by atoms with Gasteiger partial charge < -0.3 is 15.4 Å². The van der Waals surface area contributed by atoms with Crippen LogP contribution in [0.1, 0.15) is 32.0 Å². The van der Waals surface area contributed by atoms with E-state index in [0.29, 0.717) is 18.7 Å². The Hall–Kier alpha value is -2.73. The third-order valence-corrected chi connectivity index (χ3v) is 3.57. The van der Waals surface area contributed by atoms with Crippen LogP contribution >= 0.6 is 0 Å². The van der Waals surface area contributed by atoms with Crippen LogP contribution in [0.15, 0.2) is 36.5 Å². The maximum absolute atomic E-state index is 12.5. The fraction of sp³-hybridized carbons (Fsp3) is 0.278. The van der Waals surface area contributed by atoms with E-state index in [4.69, 9.17) is 4.74 Å². The molecule has 2 amide bonds. The summed E-state index contributed by atoms with van der Waals surface area (Å²) in [5.41, 5.74) is 3.32. The molecule has 2 N–H and O–H groups in total. The Morgan fingerprint density at radius 3 is 2.50 bits per heavy atom. The maximum atomic E-state index is 12.5. The zero-order valence-electron chi connectivity index (χ0n) is 14.1. The Kier molecular flexibility index (Phi) is 6.03. The molecule has 0 spiro atoms. The fourth-order valence-corrected chi connectivity index (χ4v) is 2.25. The molecule has 6 nitrogen and oxygen atoms in total. The average Bonchev–Trinajstić information content (AvgIpc) is 2.58. The van der Waals surface area contributed by atoms with Crippen molar-refractivity contribution in [3.63, 3.8) is 0 Å². The summed E-state index contributed by atoms with van der Waals surface area (Å²) in [7, 11) is 1.56. The normalized spacial score (nSPS) is 10.3. The monoisotopic (exact) mass is 327 g/mol. The van der Waals surface area contributed by atoms with Gasteiger partial charge in [0.05, 0.1) is 6.61 Å². The molecule has 0 atom stereocenters. The molecule has 2 rings (SSSR count). The largest absolute Gasteiger partial charge is 0.383 e. The van der Waals surface area contributed by atoms with Gasteiger partial charge in [-0.25, -0.2) is 0 Å². The van der Waals surface area contributed by atoms with Gasteiger partial charge in [-0.1, -0.05) is 18.2 Å². The average molecular weight is 327 g/mol. The Bertz CT molecular complexity index is 724. The second-order valence-electron chi connectivity index (χ2n) is 5.40. The highest BCUT2D eigenvalue weighted by Crippen LogP contribution is 2.20. The van der Waals surface area contributed by atoms with Crippen LogP contribution in [-0.2, 0) is 4.74 Å². The number of carbonyl (C=O) groups excluding carboxylic acids is 2. The number of para-hydroxylation sites is 1. The molecule has 1 heterocycles. The number of carbonyl (C=O) groups is 2. The van der Waals surface area contributed by atoms with Gasteiger partial charge >= 0.3 is 0 Å². The summed E-state index contributed by atoms with van der Waals surface area (Å²) in [6.45, 7) is 4.67. The summed E-state index contributed by atoms with van der Waals surface area (Å²) in [5, 5.41) is 5.57. The van der Waals surface area contributed by atoms with Crippen molar-refractivity contribution in [2.45, 2.75) is 13.8 Å². The minimum absolute atomic E-state index is 0.195. The van der Waals surface area contributed by atoms with Crippen molar-refractivity contribution >= 4 is 17.5 Å². The van der Waals surface area contributed by atoms with E-state index < -0.39 is 0 Å². The lowest BCUT2D eigenvalue weighted by molar-refractivity contribution is 0.0932. The quantitative estimate of drug-likeness (QED) is 0.798. The summed E-state index contributed by atoms with van der Waals surface area (Å²) in [5.74, 6) is -0.616. The van der Waals surface area contributed by atoms with Gasteiger partial charge in [0.1, 0.15) is 5.69 Å². The second kappa shape index (κ2) is 8.21. The van der Waals surface area contributed by atoms with Crippen LogP contribution in [0.25, 0.3) is 0 Å². The van der Waals surface area contributed by atoms with Crippen LogP contribution in [0, 0.1) is 13.8 Å². The van der Waals surface area contributed by atoms with E-state index in [0.717, 1.165) is 16.8 Å². The first kappa shape index (κ1) is 17.6. The molecule has 6 heteroatoms. The van der Waals surface area contributed by atoms with Crippen molar-refractivity contribution in [3.05, 3.63) is 58.9 Å². The fourth-order valence-electron chi connectivity index (χ4n) is 2.25. The molecule has 0 aliphatic carbocycles. The highest BCUT2D eigenvalue weighted by molar-refractivity contribution is 6.06. The predicted molar refractivity (Wildman–Crippen MR) is 92.3 cm³/mol. The summed E-state index contributed by atoms with van der Waals surface area (Å²) in [4.78, 5) is 28.5. The van der Waals surface area contributed by atoms with Crippen LogP contribution in [0.5, 0.6) is 0 Å². The molecule has 1 aromatic carbocycles. The number of pyridine rings is 1. The lowest BCUT2D eigenvalue weighted by Crippen LogP contribution is -2.28. The van der Waals surface area contributed by atoms with Crippen molar-refractivity contribution in [3.8, 4) is 0 Å². The molecule has 126 valence electrons. The smallest absolute Gasteiger partial charge is 0.269 e. The molecule has 0 unspecified atom stereocenters. The number of rotatable bonds is 6. The van der Waals surface area contributed by atoms with Crippen molar-refractivity contribution in [2.24, 2.45) is 0 Å². The molecule has 0 radical (unpaired) electrons. The van der Waals surface area contributed by atoms with Gasteiger partial charge in [-0.05, 0) is 37.1 Å². The van der Waals surface area contributed by atoms with Crippen molar-refractivity contribution in [2.75, 3.05) is 25.6 Å². The molecular weight excluding hydrogens is 306 g/mol. The molecule has 0 bridgehead atoms. The van der Waals surface area contributed by atoms with E-state index in [1.807, 2.05) is 32.0 Å². The predicted octanol–water partition coefficient (Wildman–Crippen LogP) is 2.33. The van der Waals surface area contributed by atoms with E-state index in [9.17, 15) is 9.59 Å². The standard InChI is InChI=1S/C18H21N3O3/c1-12-5-4-6-13(2)16(12)21-17(22)14-7-8-19-15(11-14)18(23)20-9-10-24-3/h4-8,11H,9-10H2,1-3H3,(H,20,23)(H,21,22). The van der Waals surface area contributed by atoms with Gasteiger partial charge in [-0.3, -0.25) is 14.6 Å². The topological polar surface area (TPSA) is 80.3 Å². The molecule has 0 aliphatic heterocycles. The summed E-state index contributed by atoms with van der Waals surface area (Å²) in [6.07, 6.45) is 1.45. The minimum Gasteiger partial charge on any atom is -0.383 e. The van der Waals surface area contributed by atoms with Gasteiger partial charge in [-0.15, -0.1) is 0 Å². The first-order valence-electron chi connectivity index (χ1n) is 7.63.